The summed E-state index contributed by atoms with van der Waals surface area (Å²) in [5.74, 6) is -0.131. The second kappa shape index (κ2) is 6.51. The van der Waals surface area contributed by atoms with E-state index in [4.69, 9.17) is 0 Å². The Balaban J connectivity index is 1.87. The molecule has 6 heteroatoms. The van der Waals surface area contributed by atoms with Crippen LogP contribution in [0.1, 0.15) is 26.8 Å². The summed E-state index contributed by atoms with van der Waals surface area (Å²) in [5.41, 5.74) is 1.64. The predicted octanol–water partition coefficient (Wildman–Crippen LogP) is 4.49. The van der Waals surface area contributed by atoms with Crippen LogP contribution in [0, 0.1) is 0 Å². The molecule has 0 aliphatic carbocycles. The van der Waals surface area contributed by atoms with Gasteiger partial charge in [0.1, 0.15) is 0 Å². The van der Waals surface area contributed by atoms with Gasteiger partial charge in [0.05, 0.1) is 11.6 Å². The summed E-state index contributed by atoms with van der Waals surface area (Å²) >= 11 is 6.59. The minimum atomic E-state index is -0.131. The molecule has 0 aliphatic heterocycles. The van der Waals surface area contributed by atoms with E-state index in [9.17, 15) is 4.79 Å². The van der Waals surface area contributed by atoms with Crippen LogP contribution in [-0.2, 0) is 0 Å². The van der Waals surface area contributed by atoms with Crippen LogP contribution in [0.15, 0.2) is 57.3 Å². The van der Waals surface area contributed by atoms with Gasteiger partial charge in [0.15, 0.2) is 0 Å². The summed E-state index contributed by atoms with van der Waals surface area (Å²) in [5, 5.41) is 9.17. The van der Waals surface area contributed by atoms with E-state index >= 15 is 0 Å². The number of amides is 1. The first-order valence-electron chi connectivity index (χ1n) is 6.21. The maximum atomic E-state index is 12.4. The highest BCUT2D eigenvalue weighted by Gasteiger charge is 2.19. The van der Waals surface area contributed by atoms with Crippen LogP contribution < -0.4 is 5.32 Å². The molecule has 106 valence electrons. The van der Waals surface area contributed by atoms with Gasteiger partial charge in [-0.1, -0.05) is 6.07 Å². The van der Waals surface area contributed by atoms with Gasteiger partial charge in [-0.3, -0.25) is 9.78 Å². The van der Waals surface area contributed by atoms with E-state index in [2.05, 4.69) is 31.6 Å². The quantitative estimate of drug-likeness (QED) is 0.726. The van der Waals surface area contributed by atoms with E-state index in [0.717, 1.165) is 14.9 Å². The summed E-state index contributed by atoms with van der Waals surface area (Å²) in [4.78, 5) is 17.6. The molecule has 0 bridgehead atoms. The van der Waals surface area contributed by atoms with Crippen LogP contribution in [0.3, 0.4) is 0 Å². The average Bonchev–Trinajstić information content (AvgIpc) is 3.18. The lowest BCUT2D eigenvalue weighted by Gasteiger charge is -2.16. The zero-order chi connectivity index (χ0) is 14.7. The zero-order valence-electron chi connectivity index (χ0n) is 10.8. The summed E-state index contributed by atoms with van der Waals surface area (Å²) in [6.07, 6.45) is 3.23. The molecule has 0 saturated heterocycles. The maximum absolute atomic E-state index is 12.4. The summed E-state index contributed by atoms with van der Waals surface area (Å²) in [7, 11) is 0. The van der Waals surface area contributed by atoms with Crippen molar-refractivity contribution in [2.75, 3.05) is 0 Å². The SMILES string of the molecule is O=C(N[C@H](c1ccsc1)c1cccs1)c1cncc(Br)c1. The molecule has 3 rings (SSSR count). The molecule has 0 fully saturated rings. The van der Waals surface area contributed by atoms with Crippen LogP contribution in [0.5, 0.6) is 0 Å². The molecular formula is C15H11BrN2OS2. The van der Waals surface area contributed by atoms with Crippen LogP contribution >= 0.6 is 38.6 Å². The van der Waals surface area contributed by atoms with Crippen molar-refractivity contribution < 1.29 is 4.79 Å². The predicted molar refractivity (Wildman–Crippen MR) is 89.9 cm³/mol. The number of nitrogens with one attached hydrogen (secondary N) is 1. The normalized spacial score (nSPS) is 12.0. The van der Waals surface area contributed by atoms with Gasteiger partial charge in [-0.2, -0.15) is 11.3 Å². The Morgan fingerprint density at radius 2 is 2.19 bits per heavy atom. The first kappa shape index (κ1) is 14.4. The molecule has 3 aromatic heterocycles. The monoisotopic (exact) mass is 378 g/mol. The molecule has 3 aromatic rings. The Labute approximate surface area is 138 Å². The molecule has 0 radical (unpaired) electrons. The second-order valence-corrected chi connectivity index (χ2v) is 7.05. The summed E-state index contributed by atoms with van der Waals surface area (Å²) < 4.78 is 0.790. The van der Waals surface area contributed by atoms with Gasteiger partial charge in [0.25, 0.3) is 5.91 Å². The van der Waals surface area contributed by atoms with E-state index in [-0.39, 0.29) is 11.9 Å². The Hall–Kier alpha value is -1.50. The van der Waals surface area contributed by atoms with Crippen molar-refractivity contribution in [2.24, 2.45) is 0 Å². The van der Waals surface area contributed by atoms with Crippen LogP contribution in [0.2, 0.25) is 0 Å². The largest absolute Gasteiger partial charge is 0.340 e. The van der Waals surface area contributed by atoms with E-state index < -0.39 is 0 Å². The number of rotatable bonds is 4. The minimum Gasteiger partial charge on any atom is -0.340 e. The summed E-state index contributed by atoms with van der Waals surface area (Å²) in [6, 6.07) is 7.71. The molecule has 1 amide bonds. The van der Waals surface area contributed by atoms with E-state index in [1.807, 2.05) is 29.0 Å². The third kappa shape index (κ3) is 3.40. The Bertz CT molecular complexity index is 692. The lowest BCUT2D eigenvalue weighted by Crippen LogP contribution is -2.28. The van der Waals surface area contributed by atoms with E-state index in [0.29, 0.717) is 5.56 Å². The highest BCUT2D eigenvalue weighted by molar-refractivity contribution is 9.10. The number of nitrogens with zero attached hydrogens (tertiary/aromatic N) is 1. The van der Waals surface area contributed by atoms with Gasteiger partial charge < -0.3 is 5.32 Å². The van der Waals surface area contributed by atoms with Gasteiger partial charge in [-0.15, -0.1) is 11.3 Å². The first-order chi connectivity index (χ1) is 10.2. The van der Waals surface area contributed by atoms with Gasteiger partial charge in [0, 0.05) is 21.7 Å². The van der Waals surface area contributed by atoms with Gasteiger partial charge in [0.2, 0.25) is 0 Å². The number of pyridine rings is 1. The third-order valence-corrected chi connectivity index (χ3v) is 5.02. The molecule has 1 atom stereocenters. The molecule has 1 N–H and O–H groups in total. The van der Waals surface area contributed by atoms with Crippen LogP contribution in [-0.4, -0.2) is 10.9 Å². The number of thiophene rings is 2. The van der Waals surface area contributed by atoms with Crippen LogP contribution in [0.25, 0.3) is 0 Å². The molecule has 0 aromatic carbocycles. The molecule has 0 saturated carbocycles. The maximum Gasteiger partial charge on any atom is 0.253 e. The fourth-order valence-corrected chi connectivity index (χ4v) is 3.82. The number of carbonyl (C=O) groups excluding carboxylic acids is 1. The van der Waals surface area contributed by atoms with Crippen molar-refractivity contribution in [3.63, 3.8) is 0 Å². The van der Waals surface area contributed by atoms with Crippen molar-refractivity contribution in [3.8, 4) is 0 Å². The Kier molecular flexibility index (Phi) is 4.48. The fraction of sp³-hybridized carbons (Fsp3) is 0.0667. The number of halogens is 1. The Morgan fingerprint density at radius 3 is 2.86 bits per heavy atom. The highest BCUT2D eigenvalue weighted by Crippen LogP contribution is 2.28. The lowest BCUT2D eigenvalue weighted by molar-refractivity contribution is 0.0943. The van der Waals surface area contributed by atoms with Crippen molar-refractivity contribution in [1.29, 1.82) is 0 Å². The van der Waals surface area contributed by atoms with Gasteiger partial charge >= 0.3 is 0 Å². The molecule has 21 heavy (non-hydrogen) atoms. The smallest absolute Gasteiger partial charge is 0.253 e. The number of carbonyl (C=O) groups is 1. The zero-order valence-corrected chi connectivity index (χ0v) is 14.0. The molecule has 0 unspecified atom stereocenters. The van der Waals surface area contributed by atoms with Gasteiger partial charge in [-0.25, -0.2) is 0 Å². The number of hydrogen-bond acceptors (Lipinski definition) is 4. The first-order valence-corrected chi connectivity index (χ1v) is 8.82. The number of hydrogen-bond donors (Lipinski definition) is 1. The summed E-state index contributed by atoms with van der Waals surface area (Å²) in [6.45, 7) is 0. The molecule has 0 aliphatic rings. The minimum absolute atomic E-state index is 0.122. The van der Waals surface area contributed by atoms with Crippen molar-refractivity contribution in [1.82, 2.24) is 10.3 Å². The van der Waals surface area contributed by atoms with Crippen molar-refractivity contribution in [2.45, 2.75) is 6.04 Å². The Morgan fingerprint density at radius 1 is 1.29 bits per heavy atom. The molecule has 3 heterocycles. The fourth-order valence-electron chi connectivity index (χ4n) is 1.96. The second-order valence-electron chi connectivity index (χ2n) is 4.37. The highest BCUT2D eigenvalue weighted by atomic mass is 79.9. The van der Waals surface area contributed by atoms with E-state index in [1.165, 1.54) is 0 Å². The van der Waals surface area contributed by atoms with Crippen LogP contribution in [0.4, 0.5) is 0 Å². The van der Waals surface area contributed by atoms with E-state index in [1.54, 1.807) is 41.1 Å². The molecular weight excluding hydrogens is 368 g/mol. The number of aromatic nitrogens is 1. The molecule has 3 nitrogen and oxygen atoms in total. The standard InChI is InChI=1S/C15H11BrN2OS2/c16-12-6-11(7-17-8-12)15(19)18-14(10-3-5-20-9-10)13-2-1-4-21-13/h1-9,14H,(H,18,19)/t14-/m1/s1. The van der Waals surface area contributed by atoms with Crippen molar-refractivity contribution in [3.05, 3.63) is 73.3 Å². The molecule has 0 spiro atoms. The van der Waals surface area contributed by atoms with Gasteiger partial charge in [-0.05, 0) is 55.8 Å². The third-order valence-electron chi connectivity index (χ3n) is 2.95. The van der Waals surface area contributed by atoms with Crippen molar-refractivity contribution >= 4 is 44.5 Å². The lowest BCUT2D eigenvalue weighted by atomic mass is 10.1. The topological polar surface area (TPSA) is 42.0 Å². The average molecular weight is 379 g/mol.